The van der Waals surface area contributed by atoms with E-state index in [2.05, 4.69) is 0 Å². The van der Waals surface area contributed by atoms with E-state index in [1.165, 1.54) is 0 Å². The summed E-state index contributed by atoms with van der Waals surface area (Å²) in [6.07, 6.45) is 0.641. The standard InChI is InChI=1S/C7H5FOS/c8-10-7-4-2-1-3-6(7)5-9/h1-5H. The van der Waals surface area contributed by atoms with Gasteiger partial charge in [-0.3, -0.25) is 4.79 Å². The molecular weight excluding hydrogens is 151 g/mol. The molecule has 1 rings (SSSR count). The van der Waals surface area contributed by atoms with Crippen LogP contribution in [-0.4, -0.2) is 6.29 Å². The number of carbonyl (C=O) groups excluding carboxylic acids is 1. The summed E-state index contributed by atoms with van der Waals surface area (Å²) < 4.78 is 11.9. The molecule has 1 aromatic carbocycles. The molecule has 0 N–H and O–H groups in total. The zero-order chi connectivity index (χ0) is 7.40. The minimum atomic E-state index is 0.0887. The Morgan fingerprint density at radius 3 is 2.60 bits per heavy atom. The van der Waals surface area contributed by atoms with Gasteiger partial charge in [-0.25, -0.2) is 0 Å². The Morgan fingerprint density at radius 2 is 2.10 bits per heavy atom. The lowest BCUT2D eigenvalue weighted by Crippen LogP contribution is -1.80. The van der Waals surface area contributed by atoms with Crippen molar-refractivity contribution in [2.45, 2.75) is 4.90 Å². The highest BCUT2D eigenvalue weighted by atomic mass is 32.2. The van der Waals surface area contributed by atoms with Crippen molar-refractivity contribution in [1.29, 1.82) is 0 Å². The molecule has 0 aliphatic heterocycles. The summed E-state index contributed by atoms with van der Waals surface area (Å²) in [4.78, 5) is 10.6. The van der Waals surface area contributed by atoms with Crippen molar-refractivity contribution >= 4 is 18.4 Å². The van der Waals surface area contributed by atoms with E-state index >= 15 is 0 Å². The number of rotatable bonds is 2. The maximum atomic E-state index is 11.9. The molecule has 0 saturated carbocycles. The van der Waals surface area contributed by atoms with Gasteiger partial charge < -0.3 is 0 Å². The molecule has 0 atom stereocenters. The summed E-state index contributed by atoms with van der Waals surface area (Å²) in [7, 11) is 0. The second-order valence-electron chi connectivity index (χ2n) is 1.73. The molecule has 0 unspecified atom stereocenters. The Balaban J connectivity index is 3.08. The number of aldehydes is 1. The largest absolute Gasteiger partial charge is 0.298 e. The van der Waals surface area contributed by atoms with Crippen LogP contribution in [0, 0.1) is 0 Å². The number of hydrogen-bond donors (Lipinski definition) is 0. The van der Waals surface area contributed by atoms with E-state index in [0.717, 1.165) is 0 Å². The van der Waals surface area contributed by atoms with Crippen molar-refractivity contribution in [2.75, 3.05) is 0 Å². The van der Waals surface area contributed by atoms with Gasteiger partial charge in [-0.05, 0) is 6.07 Å². The first kappa shape index (κ1) is 7.28. The van der Waals surface area contributed by atoms with Crippen molar-refractivity contribution < 1.29 is 8.68 Å². The molecule has 1 aromatic rings. The lowest BCUT2D eigenvalue weighted by atomic mass is 10.2. The Hall–Kier alpha value is -0.830. The van der Waals surface area contributed by atoms with Crippen LogP contribution in [0.4, 0.5) is 3.89 Å². The second kappa shape index (κ2) is 3.37. The zero-order valence-corrected chi connectivity index (χ0v) is 5.90. The van der Waals surface area contributed by atoms with E-state index in [1.54, 1.807) is 24.3 Å². The highest BCUT2D eigenvalue weighted by Crippen LogP contribution is 2.21. The summed E-state index contributed by atoms with van der Waals surface area (Å²) >= 11 is 0.0887. The van der Waals surface area contributed by atoms with Crippen molar-refractivity contribution in [3.05, 3.63) is 29.8 Å². The SMILES string of the molecule is O=Cc1ccccc1SF. The molecule has 10 heavy (non-hydrogen) atoms. The molecule has 0 fully saturated rings. The van der Waals surface area contributed by atoms with Gasteiger partial charge in [0.2, 0.25) is 0 Å². The van der Waals surface area contributed by atoms with Crippen molar-refractivity contribution in [3.63, 3.8) is 0 Å². The second-order valence-corrected chi connectivity index (χ2v) is 2.33. The summed E-state index contributed by atoms with van der Waals surface area (Å²) in [5.74, 6) is 0. The lowest BCUT2D eigenvalue weighted by molar-refractivity contribution is 0.112. The van der Waals surface area contributed by atoms with E-state index in [-0.39, 0.29) is 12.1 Å². The molecule has 0 radical (unpaired) electrons. The number of hydrogen-bond acceptors (Lipinski definition) is 2. The number of halogens is 1. The highest BCUT2D eigenvalue weighted by molar-refractivity contribution is 7.94. The van der Waals surface area contributed by atoms with Crippen LogP contribution in [-0.2, 0) is 0 Å². The van der Waals surface area contributed by atoms with Gasteiger partial charge in [0.1, 0.15) is 0 Å². The first-order valence-corrected chi connectivity index (χ1v) is 3.43. The summed E-state index contributed by atoms with van der Waals surface area (Å²) in [6, 6.07) is 6.53. The van der Waals surface area contributed by atoms with Crippen LogP contribution in [0.25, 0.3) is 0 Å². The van der Waals surface area contributed by atoms with Gasteiger partial charge in [-0.15, -0.1) is 0 Å². The Morgan fingerprint density at radius 1 is 1.40 bits per heavy atom. The molecule has 1 nitrogen and oxygen atoms in total. The maximum absolute atomic E-state index is 11.9. The third-order valence-corrected chi connectivity index (χ3v) is 1.67. The van der Waals surface area contributed by atoms with E-state index in [9.17, 15) is 8.68 Å². The fourth-order valence-electron chi connectivity index (χ4n) is 0.648. The maximum Gasteiger partial charge on any atom is 0.151 e. The number of benzene rings is 1. The van der Waals surface area contributed by atoms with Crippen LogP contribution in [0.2, 0.25) is 0 Å². The Labute approximate surface area is 62.5 Å². The third-order valence-electron chi connectivity index (χ3n) is 1.13. The average Bonchev–Trinajstić information content (AvgIpc) is 2.04. The average molecular weight is 156 g/mol. The smallest absolute Gasteiger partial charge is 0.151 e. The molecule has 0 spiro atoms. The molecule has 52 valence electrons. The first-order chi connectivity index (χ1) is 4.88. The van der Waals surface area contributed by atoms with Crippen molar-refractivity contribution in [3.8, 4) is 0 Å². The lowest BCUT2D eigenvalue weighted by Gasteiger charge is -1.93. The molecule has 3 heteroatoms. The van der Waals surface area contributed by atoms with Gasteiger partial charge >= 0.3 is 0 Å². The van der Waals surface area contributed by atoms with E-state index in [4.69, 9.17) is 0 Å². The summed E-state index contributed by atoms with van der Waals surface area (Å²) in [6.45, 7) is 0. The highest BCUT2D eigenvalue weighted by Gasteiger charge is 1.98. The van der Waals surface area contributed by atoms with E-state index in [1.807, 2.05) is 0 Å². The molecule has 0 aromatic heterocycles. The monoisotopic (exact) mass is 156 g/mol. The van der Waals surface area contributed by atoms with Crippen LogP contribution >= 0.6 is 12.1 Å². The normalized spacial score (nSPS) is 9.30. The van der Waals surface area contributed by atoms with E-state index < -0.39 is 0 Å². The van der Waals surface area contributed by atoms with Crippen molar-refractivity contribution in [2.24, 2.45) is 0 Å². The fraction of sp³-hybridized carbons (Fsp3) is 0. The quantitative estimate of drug-likeness (QED) is 0.612. The van der Waals surface area contributed by atoms with Gasteiger partial charge in [0.15, 0.2) is 6.29 Å². The topological polar surface area (TPSA) is 17.1 Å². The van der Waals surface area contributed by atoms with Gasteiger partial charge in [-0.1, -0.05) is 18.2 Å². The molecule has 0 amide bonds. The van der Waals surface area contributed by atoms with Gasteiger partial charge in [0.25, 0.3) is 0 Å². The van der Waals surface area contributed by atoms with Crippen LogP contribution in [0.1, 0.15) is 10.4 Å². The van der Waals surface area contributed by atoms with Gasteiger partial charge in [0, 0.05) is 5.56 Å². The third kappa shape index (κ3) is 1.36. The predicted octanol–water partition coefficient (Wildman–Crippen LogP) is 2.48. The summed E-state index contributed by atoms with van der Waals surface area (Å²) in [5.41, 5.74) is 0.398. The van der Waals surface area contributed by atoms with Crippen LogP contribution < -0.4 is 0 Å². The Bertz CT molecular complexity index is 237. The molecule has 0 heterocycles. The van der Waals surface area contributed by atoms with Gasteiger partial charge in [-0.2, -0.15) is 3.89 Å². The summed E-state index contributed by atoms with van der Waals surface area (Å²) in [5, 5.41) is 0. The number of carbonyl (C=O) groups is 1. The molecule has 0 saturated heterocycles. The van der Waals surface area contributed by atoms with Gasteiger partial charge in [0.05, 0.1) is 17.0 Å². The van der Waals surface area contributed by atoms with Crippen molar-refractivity contribution in [1.82, 2.24) is 0 Å². The minimum absolute atomic E-state index is 0.0887. The van der Waals surface area contributed by atoms with E-state index in [0.29, 0.717) is 16.7 Å². The fourth-order valence-corrected chi connectivity index (χ4v) is 0.983. The molecular formula is C7H5FOS. The first-order valence-electron chi connectivity index (χ1n) is 2.71. The molecule has 0 aliphatic carbocycles. The predicted molar refractivity (Wildman–Crippen MR) is 38.8 cm³/mol. The minimum Gasteiger partial charge on any atom is -0.298 e. The zero-order valence-electron chi connectivity index (χ0n) is 5.08. The molecule has 0 bridgehead atoms. The van der Waals surface area contributed by atoms with Crippen LogP contribution in [0.15, 0.2) is 29.2 Å². The molecule has 0 aliphatic rings. The Kier molecular flexibility index (Phi) is 2.45. The van der Waals surface area contributed by atoms with Crippen LogP contribution in [0.5, 0.6) is 0 Å². The van der Waals surface area contributed by atoms with Crippen LogP contribution in [0.3, 0.4) is 0 Å².